The maximum absolute atomic E-state index is 13.1. The van der Waals surface area contributed by atoms with Gasteiger partial charge >= 0.3 is 0 Å². The fourth-order valence-corrected chi connectivity index (χ4v) is 2.70. The molecule has 1 aromatic carbocycles. The lowest BCUT2D eigenvalue weighted by atomic mass is 10.2. The van der Waals surface area contributed by atoms with Crippen LogP contribution in [-0.4, -0.2) is 43.3 Å². The van der Waals surface area contributed by atoms with Gasteiger partial charge in [0.15, 0.2) is 0 Å². The minimum atomic E-state index is -0.326. The first-order valence-electron chi connectivity index (χ1n) is 6.36. The summed E-state index contributed by atoms with van der Waals surface area (Å²) < 4.78 is 14.7. The molecule has 2 rings (SSSR count). The molecular weight excluding hydrogens is 293 g/mol. The third-order valence-corrected chi connectivity index (χ3v) is 4.01. The minimum Gasteiger partial charge on any atom is -0.340 e. The van der Waals surface area contributed by atoms with E-state index < -0.39 is 0 Å². The van der Waals surface area contributed by atoms with Gasteiger partial charge in [0.1, 0.15) is 5.82 Å². The quantitative estimate of drug-likeness (QED) is 0.783. The minimum absolute atomic E-state index is 0.0627. The zero-order valence-corrected chi connectivity index (χ0v) is 12.8. The Labute approximate surface area is 126 Å². The highest BCUT2D eigenvalue weighted by Gasteiger charge is 2.21. The molecule has 0 aliphatic rings. The Morgan fingerprint density at radius 1 is 1.52 bits per heavy atom. The summed E-state index contributed by atoms with van der Waals surface area (Å²) in [6.45, 7) is 2.16. The lowest BCUT2D eigenvalue weighted by Gasteiger charge is -2.20. The summed E-state index contributed by atoms with van der Waals surface area (Å²) >= 11 is 1.29. The van der Waals surface area contributed by atoms with Crippen LogP contribution in [0.15, 0.2) is 29.4 Å². The molecule has 2 aromatic rings. The summed E-state index contributed by atoms with van der Waals surface area (Å²) in [5.74, 6) is -0.367. The summed E-state index contributed by atoms with van der Waals surface area (Å²) in [5, 5.41) is 11.3. The molecule has 1 amide bonds. The maximum atomic E-state index is 13.1. The van der Waals surface area contributed by atoms with Crippen molar-refractivity contribution < 1.29 is 9.18 Å². The first kappa shape index (κ1) is 15.4. The Morgan fingerprint density at radius 3 is 2.90 bits per heavy atom. The average molecular weight is 309 g/mol. The molecule has 0 saturated heterocycles. The number of carbonyl (C=O) groups is 1. The van der Waals surface area contributed by atoms with E-state index >= 15 is 0 Å². The van der Waals surface area contributed by atoms with Crippen molar-refractivity contribution in [3.63, 3.8) is 0 Å². The number of thioether (sulfide) groups is 1. The third kappa shape index (κ3) is 4.01. The van der Waals surface area contributed by atoms with E-state index in [-0.39, 0.29) is 17.0 Å². The molecule has 21 heavy (non-hydrogen) atoms. The molecule has 0 saturated carbocycles. The van der Waals surface area contributed by atoms with E-state index in [1.54, 1.807) is 38.1 Å². The third-order valence-electron chi connectivity index (χ3n) is 2.90. The number of aromatic nitrogens is 4. The number of hydrogen-bond acceptors (Lipinski definition) is 5. The van der Waals surface area contributed by atoms with Crippen LogP contribution >= 0.6 is 11.8 Å². The van der Waals surface area contributed by atoms with Gasteiger partial charge in [0.25, 0.3) is 0 Å². The van der Waals surface area contributed by atoms with E-state index in [1.165, 1.54) is 28.6 Å². The second-order valence-electron chi connectivity index (χ2n) is 4.67. The van der Waals surface area contributed by atoms with Crippen LogP contribution in [-0.2, 0) is 18.4 Å². The number of rotatable bonds is 5. The van der Waals surface area contributed by atoms with E-state index in [1.807, 2.05) is 0 Å². The molecule has 8 heteroatoms. The molecular formula is C13H16FN5OS. The van der Waals surface area contributed by atoms with Gasteiger partial charge in [-0.3, -0.25) is 4.79 Å². The van der Waals surface area contributed by atoms with Gasteiger partial charge in [0.2, 0.25) is 11.1 Å². The first-order valence-corrected chi connectivity index (χ1v) is 7.24. The summed E-state index contributed by atoms with van der Waals surface area (Å²) in [7, 11) is 3.41. The first-order chi connectivity index (χ1) is 9.97. The number of nitrogens with zero attached hydrogens (tertiary/aromatic N) is 5. The average Bonchev–Trinajstić information content (AvgIpc) is 2.83. The monoisotopic (exact) mass is 309 g/mol. The van der Waals surface area contributed by atoms with E-state index in [9.17, 15) is 9.18 Å². The van der Waals surface area contributed by atoms with Crippen LogP contribution in [0.5, 0.6) is 0 Å². The Hall–Kier alpha value is -1.96. The van der Waals surface area contributed by atoms with Gasteiger partial charge in [-0.05, 0) is 35.0 Å². The molecule has 0 spiro atoms. The van der Waals surface area contributed by atoms with Gasteiger partial charge in [-0.15, -0.1) is 5.10 Å². The van der Waals surface area contributed by atoms with E-state index in [0.717, 1.165) is 5.56 Å². The van der Waals surface area contributed by atoms with Crippen molar-refractivity contribution in [1.82, 2.24) is 25.1 Å². The predicted octanol–water partition coefficient (Wildman–Crippen LogP) is 1.49. The number of halogens is 1. The molecule has 0 aliphatic carbocycles. The number of tetrazole rings is 1. The van der Waals surface area contributed by atoms with Crippen molar-refractivity contribution in [3.05, 3.63) is 35.6 Å². The van der Waals surface area contributed by atoms with Gasteiger partial charge in [-0.1, -0.05) is 23.9 Å². The molecule has 0 N–H and O–H groups in total. The van der Waals surface area contributed by atoms with Crippen LogP contribution in [0, 0.1) is 5.82 Å². The Kier molecular flexibility index (Phi) is 4.89. The normalized spacial score (nSPS) is 12.2. The standard InChI is InChI=1S/C13H16FN5OS/c1-9(21-13-15-16-17-19(13)3)12(20)18(2)8-10-5-4-6-11(14)7-10/h4-7,9H,8H2,1-3H3/t9-/m0/s1. The topological polar surface area (TPSA) is 63.9 Å². The highest BCUT2D eigenvalue weighted by Crippen LogP contribution is 2.21. The van der Waals surface area contributed by atoms with Crippen LogP contribution in [0.2, 0.25) is 0 Å². The zero-order valence-electron chi connectivity index (χ0n) is 12.0. The van der Waals surface area contributed by atoms with Gasteiger partial charge in [-0.2, -0.15) is 0 Å². The number of carbonyl (C=O) groups excluding carboxylic acids is 1. The van der Waals surface area contributed by atoms with E-state index in [2.05, 4.69) is 15.5 Å². The van der Waals surface area contributed by atoms with Gasteiger partial charge < -0.3 is 4.90 Å². The number of benzene rings is 1. The number of hydrogen-bond donors (Lipinski definition) is 0. The molecule has 0 bridgehead atoms. The van der Waals surface area contributed by atoms with Gasteiger partial charge in [0.05, 0.1) is 5.25 Å². The smallest absolute Gasteiger partial charge is 0.235 e. The largest absolute Gasteiger partial charge is 0.340 e. The zero-order chi connectivity index (χ0) is 15.4. The number of amides is 1. The van der Waals surface area contributed by atoms with Crippen molar-refractivity contribution in [3.8, 4) is 0 Å². The molecule has 6 nitrogen and oxygen atoms in total. The van der Waals surface area contributed by atoms with Crippen molar-refractivity contribution in [2.24, 2.45) is 7.05 Å². The molecule has 1 aromatic heterocycles. The molecule has 0 radical (unpaired) electrons. The van der Waals surface area contributed by atoms with Crippen molar-refractivity contribution >= 4 is 17.7 Å². The van der Waals surface area contributed by atoms with Gasteiger partial charge in [-0.25, -0.2) is 9.07 Å². The van der Waals surface area contributed by atoms with Crippen molar-refractivity contribution in [1.29, 1.82) is 0 Å². The SMILES string of the molecule is C[C@H](Sc1nnnn1C)C(=O)N(C)Cc1cccc(F)c1. The fraction of sp³-hybridized carbons (Fsp3) is 0.385. The summed E-state index contributed by atoms with van der Waals surface area (Å²) in [4.78, 5) is 13.9. The van der Waals surface area contributed by atoms with Crippen molar-refractivity contribution in [2.45, 2.75) is 23.9 Å². The van der Waals surface area contributed by atoms with Crippen LogP contribution in [0.4, 0.5) is 4.39 Å². The molecule has 0 aliphatic heterocycles. The summed E-state index contributed by atoms with van der Waals surface area (Å²) in [6.07, 6.45) is 0. The molecule has 1 heterocycles. The van der Waals surface area contributed by atoms with Crippen LogP contribution < -0.4 is 0 Å². The Morgan fingerprint density at radius 2 is 2.29 bits per heavy atom. The Bertz CT molecular complexity index is 633. The summed E-state index contributed by atoms with van der Waals surface area (Å²) in [5.41, 5.74) is 0.753. The van der Waals surface area contributed by atoms with Gasteiger partial charge in [0, 0.05) is 20.6 Å². The highest BCUT2D eigenvalue weighted by atomic mass is 32.2. The van der Waals surface area contributed by atoms with E-state index in [4.69, 9.17) is 0 Å². The Balaban J connectivity index is 1.97. The lowest BCUT2D eigenvalue weighted by molar-refractivity contribution is -0.129. The van der Waals surface area contributed by atoms with Crippen LogP contribution in [0.3, 0.4) is 0 Å². The van der Waals surface area contributed by atoms with E-state index in [0.29, 0.717) is 11.7 Å². The highest BCUT2D eigenvalue weighted by molar-refractivity contribution is 8.00. The molecule has 0 fully saturated rings. The second-order valence-corrected chi connectivity index (χ2v) is 5.98. The number of aryl methyl sites for hydroxylation is 1. The maximum Gasteiger partial charge on any atom is 0.235 e. The van der Waals surface area contributed by atoms with Crippen molar-refractivity contribution in [2.75, 3.05) is 7.05 Å². The fourth-order valence-electron chi connectivity index (χ4n) is 1.83. The molecule has 0 unspecified atom stereocenters. The second kappa shape index (κ2) is 6.66. The predicted molar refractivity (Wildman–Crippen MR) is 77.0 cm³/mol. The lowest BCUT2D eigenvalue weighted by Crippen LogP contribution is -2.33. The summed E-state index contributed by atoms with van der Waals surface area (Å²) in [6, 6.07) is 6.22. The molecule has 112 valence electrons. The molecule has 1 atom stereocenters. The van der Waals surface area contributed by atoms with Crippen LogP contribution in [0.25, 0.3) is 0 Å². The van der Waals surface area contributed by atoms with Crippen LogP contribution in [0.1, 0.15) is 12.5 Å².